The molecule has 0 aromatic heterocycles. The fourth-order valence-corrected chi connectivity index (χ4v) is 4.92. The molecule has 0 saturated heterocycles. The highest BCUT2D eigenvalue weighted by Crippen LogP contribution is 2.21. The van der Waals surface area contributed by atoms with E-state index >= 15 is 0 Å². The van der Waals surface area contributed by atoms with Gasteiger partial charge in [-0.1, -0.05) is 70.6 Å². The number of hydrogen-bond donors (Lipinski definition) is 2. The van der Waals surface area contributed by atoms with Gasteiger partial charge in [0.15, 0.2) is 0 Å². The predicted octanol–water partition coefficient (Wildman–Crippen LogP) is 3.77. The van der Waals surface area contributed by atoms with Gasteiger partial charge in [0.25, 0.3) is 15.1 Å². The zero-order valence-corrected chi connectivity index (χ0v) is 19.7. The Labute approximate surface area is 198 Å². The Morgan fingerprint density at radius 2 is 1.64 bits per heavy atom. The van der Waals surface area contributed by atoms with Gasteiger partial charge < -0.3 is 9.57 Å². The fraction of sp³-hybridized carbons (Fsp3) is 0.200. The molecule has 10 nitrogen and oxygen atoms in total. The average Bonchev–Trinajstić information content (AvgIpc) is 2.80. The minimum Gasteiger partial charge on any atom is -0.448 e. The fourth-order valence-electron chi connectivity index (χ4n) is 2.39. The number of carbonyl (C=O) groups excluding carboxylic acids is 1. The number of rotatable bonds is 13. The van der Waals surface area contributed by atoms with Crippen LogP contribution in [0.2, 0.25) is 0 Å². The highest BCUT2D eigenvalue weighted by atomic mass is 33.1. The maximum atomic E-state index is 12.4. The van der Waals surface area contributed by atoms with E-state index in [0.29, 0.717) is 22.6 Å². The lowest BCUT2D eigenvalue weighted by Gasteiger charge is -2.10. The van der Waals surface area contributed by atoms with E-state index in [1.807, 2.05) is 35.1 Å². The zero-order chi connectivity index (χ0) is 24.3. The van der Waals surface area contributed by atoms with Crippen LogP contribution in [0.1, 0.15) is 11.1 Å². The summed E-state index contributed by atoms with van der Waals surface area (Å²) in [4.78, 5) is 25.8. The van der Waals surface area contributed by atoms with Crippen LogP contribution in [0.4, 0.5) is 4.79 Å². The van der Waals surface area contributed by atoms with Crippen LogP contribution >= 0.6 is 21.6 Å². The van der Waals surface area contributed by atoms with Crippen LogP contribution in [0.3, 0.4) is 0 Å². The summed E-state index contributed by atoms with van der Waals surface area (Å²) in [5, 5.41) is 17.4. The first-order valence-corrected chi connectivity index (χ1v) is 13.3. The van der Waals surface area contributed by atoms with Crippen LogP contribution in [-0.4, -0.2) is 50.0 Å². The molecule has 0 radical (unpaired) electrons. The Morgan fingerprint density at radius 1 is 1.03 bits per heavy atom. The van der Waals surface area contributed by atoms with Crippen LogP contribution in [0, 0.1) is 15.5 Å². The van der Waals surface area contributed by atoms with Crippen LogP contribution < -0.4 is 4.72 Å². The second kappa shape index (κ2) is 12.9. The first-order chi connectivity index (χ1) is 15.7. The SMILES string of the molecule is C=C(C(=N)c1ccc(S(=O)(=O)NC(=O)OCCSSCCO[N+](=O)[O-])cc1)c1ccccc1. The third-order valence-electron chi connectivity index (χ3n) is 3.94. The summed E-state index contributed by atoms with van der Waals surface area (Å²) >= 11 is 0. The van der Waals surface area contributed by atoms with Crippen molar-refractivity contribution in [3.63, 3.8) is 0 Å². The Balaban J connectivity index is 1.81. The van der Waals surface area contributed by atoms with Crippen molar-refractivity contribution in [2.45, 2.75) is 4.90 Å². The number of nitrogens with one attached hydrogen (secondary N) is 2. The lowest BCUT2D eigenvalue weighted by Crippen LogP contribution is -2.31. The smallest absolute Gasteiger partial charge is 0.421 e. The molecule has 0 spiro atoms. The molecule has 0 unspecified atom stereocenters. The van der Waals surface area contributed by atoms with Crippen molar-refractivity contribution in [2.24, 2.45) is 0 Å². The van der Waals surface area contributed by atoms with Gasteiger partial charge in [0.1, 0.15) is 13.2 Å². The second-order valence-electron chi connectivity index (χ2n) is 6.19. The second-order valence-corrected chi connectivity index (χ2v) is 10.6. The Kier molecular flexibility index (Phi) is 10.2. The first-order valence-electron chi connectivity index (χ1n) is 9.35. The number of amides is 1. The average molecular weight is 512 g/mol. The van der Waals surface area contributed by atoms with Crippen molar-refractivity contribution in [2.75, 3.05) is 24.7 Å². The van der Waals surface area contributed by atoms with Crippen molar-refractivity contribution >= 4 is 49.0 Å². The van der Waals surface area contributed by atoms with Crippen molar-refractivity contribution < 1.29 is 27.9 Å². The van der Waals surface area contributed by atoms with Gasteiger partial charge in [-0.15, -0.1) is 10.1 Å². The summed E-state index contributed by atoms with van der Waals surface area (Å²) in [6.45, 7) is 3.82. The monoisotopic (exact) mass is 511 g/mol. The van der Waals surface area contributed by atoms with Gasteiger partial charge in [-0.25, -0.2) is 17.9 Å². The largest absolute Gasteiger partial charge is 0.448 e. The molecular weight excluding hydrogens is 490 g/mol. The molecule has 0 aliphatic heterocycles. The molecule has 13 heteroatoms. The molecule has 0 aliphatic rings. The van der Waals surface area contributed by atoms with E-state index in [-0.39, 0.29) is 23.8 Å². The van der Waals surface area contributed by atoms with Crippen LogP contribution in [-0.2, 0) is 19.6 Å². The first kappa shape index (κ1) is 26.2. The van der Waals surface area contributed by atoms with Crippen LogP contribution in [0.5, 0.6) is 0 Å². The molecule has 0 heterocycles. The van der Waals surface area contributed by atoms with Gasteiger partial charge >= 0.3 is 6.09 Å². The van der Waals surface area contributed by atoms with Gasteiger partial charge in [0.05, 0.1) is 10.6 Å². The van der Waals surface area contributed by atoms with E-state index in [4.69, 9.17) is 10.1 Å². The minimum absolute atomic E-state index is 0.0488. The lowest BCUT2D eigenvalue weighted by molar-refractivity contribution is -0.756. The van der Waals surface area contributed by atoms with Gasteiger partial charge in [0.2, 0.25) is 0 Å². The standard InChI is InChI=1S/C20H21N3O7S3/c1-15(16-5-3-2-4-6-16)19(21)17-7-9-18(10-8-17)33(27,28)22-20(24)29-11-13-31-32-14-12-30-23(25)26/h2-10,21H,1,11-14H2,(H,22,24). The number of carbonyl (C=O) groups is 1. The normalized spacial score (nSPS) is 10.8. The van der Waals surface area contributed by atoms with Gasteiger partial charge in [-0.3, -0.25) is 5.41 Å². The minimum atomic E-state index is -4.15. The Morgan fingerprint density at radius 3 is 2.24 bits per heavy atom. The molecule has 0 saturated carbocycles. The van der Waals surface area contributed by atoms with Crippen molar-refractivity contribution in [1.29, 1.82) is 5.41 Å². The van der Waals surface area contributed by atoms with Crippen molar-refractivity contribution in [1.82, 2.24) is 4.72 Å². The number of allylic oxidation sites excluding steroid dienone is 1. The summed E-state index contributed by atoms with van der Waals surface area (Å²) < 4.78 is 31.4. The molecule has 2 aromatic rings. The summed E-state index contributed by atoms with van der Waals surface area (Å²) in [5.74, 6) is 0.733. The third kappa shape index (κ3) is 8.79. The highest BCUT2D eigenvalue weighted by molar-refractivity contribution is 8.76. The quantitative estimate of drug-likeness (QED) is 0.135. The number of benzene rings is 2. The number of ether oxygens (including phenoxy) is 1. The van der Waals surface area contributed by atoms with Gasteiger partial charge in [0, 0.05) is 22.6 Å². The number of hydrogen-bond acceptors (Lipinski definition) is 10. The molecule has 1 amide bonds. The molecule has 33 heavy (non-hydrogen) atoms. The van der Waals surface area contributed by atoms with Crippen LogP contribution in [0.25, 0.3) is 5.57 Å². The molecule has 0 aliphatic carbocycles. The predicted molar refractivity (Wildman–Crippen MR) is 128 cm³/mol. The summed E-state index contributed by atoms with van der Waals surface area (Å²) in [6, 6.07) is 14.7. The molecule has 2 rings (SSSR count). The topological polar surface area (TPSA) is 149 Å². The maximum absolute atomic E-state index is 12.4. The molecule has 2 aromatic carbocycles. The van der Waals surface area contributed by atoms with E-state index in [1.54, 1.807) is 0 Å². The van der Waals surface area contributed by atoms with Crippen LogP contribution in [0.15, 0.2) is 66.1 Å². The van der Waals surface area contributed by atoms with Crippen molar-refractivity contribution in [3.05, 3.63) is 82.4 Å². The molecule has 0 atom stereocenters. The molecular formula is C20H21N3O7S3. The number of nitrogens with zero attached hydrogens (tertiary/aromatic N) is 1. The number of sulfonamides is 1. The molecule has 176 valence electrons. The van der Waals surface area contributed by atoms with E-state index in [2.05, 4.69) is 11.4 Å². The Hall–Kier alpha value is -3.03. The Bertz CT molecular complexity index is 1090. The van der Waals surface area contributed by atoms with Crippen molar-refractivity contribution in [3.8, 4) is 0 Å². The zero-order valence-electron chi connectivity index (χ0n) is 17.3. The molecule has 2 N–H and O–H groups in total. The van der Waals surface area contributed by atoms with Gasteiger partial charge in [-0.05, 0) is 17.7 Å². The highest BCUT2D eigenvalue weighted by Gasteiger charge is 2.19. The molecule has 0 fully saturated rings. The molecule has 0 bridgehead atoms. The summed E-state index contributed by atoms with van der Waals surface area (Å²) in [6.07, 6.45) is -1.12. The summed E-state index contributed by atoms with van der Waals surface area (Å²) in [5.41, 5.74) is 1.90. The maximum Gasteiger partial charge on any atom is 0.421 e. The van der Waals surface area contributed by atoms with E-state index in [9.17, 15) is 23.3 Å². The van der Waals surface area contributed by atoms with E-state index in [1.165, 1.54) is 45.9 Å². The lowest BCUT2D eigenvalue weighted by atomic mass is 9.98. The van der Waals surface area contributed by atoms with E-state index in [0.717, 1.165) is 5.56 Å². The summed E-state index contributed by atoms with van der Waals surface area (Å²) in [7, 11) is -1.55. The van der Waals surface area contributed by atoms with E-state index < -0.39 is 21.2 Å². The van der Waals surface area contributed by atoms with Gasteiger partial charge in [-0.2, -0.15) is 0 Å². The third-order valence-corrected chi connectivity index (χ3v) is 7.60.